The van der Waals surface area contributed by atoms with E-state index in [1.807, 2.05) is 6.07 Å². The van der Waals surface area contributed by atoms with Gasteiger partial charge in [-0.25, -0.2) is 0 Å². The maximum atomic E-state index is 11.0. The summed E-state index contributed by atoms with van der Waals surface area (Å²) in [6, 6.07) is 10.4. The summed E-state index contributed by atoms with van der Waals surface area (Å²) in [5.74, 6) is 0. The molecule has 1 heterocycles. The Labute approximate surface area is 127 Å². The molecule has 0 aromatic heterocycles. The highest BCUT2D eigenvalue weighted by Gasteiger charge is 2.41. The number of benzene rings is 1. The fourth-order valence-corrected chi connectivity index (χ4v) is 4.28. The highest BCUT2D eigenvalue weighted by molar-refractivity contribution is 5.37. The number of hydrogen-bond acceptors (Lipinski definition) is 3. The maximum Gasteiger partial charge on any atom is 0.103 e. The van der Waals surface area contributed by atoms with Gasteiger partial charge in [-0.1, -0.05) is 24.3 Å². The van der Waals surface area contributed by atoms with Crippen molar-refractivity contribution in [2.75, 3.05) is 13.1 Å². The third-order valence-corrected chi connectivity index (χ3v) is 5.65. The van der Waals surface area contributed by atoms with Crippen molar-refractivity contribution in [3.63, 3.8) is 0 Å². The zero-order chi connectivity index (χ0) is 14.4. The highest BCUT2D eigenvalue weighted by atomic mass is 16.3. The number of rotatable bonds is 4. The van der Waals surface area contributed by atoms with Gasteiger partial charge in [-0.3, -0.25) is 4.90 Å². The Morgan fingerprint density at radius 2 is 2.14 bits per heavy atom. The van der Waals surface area contributed by atoms with Gasteiger partial charge in [0.25, 0.3) is 0 Å². The zero-order valence-electron chi connectivity index (χ0n) is 12.9. The van der Waals surface area contributed by atoms with Gasteiger partial charge in [-0.05, 0) is 50.2 Å². The lowest BCUT2D eigenvalue weighted by Gasteiger charge is -2.26. The van der Waals surface area contributed by atoms with E-state index in [0.717, 1.165) is 31.0 Å². The average Bonchev–Trinajstić information content (AvgIpc) is 3.19. The van der Waals surface area contributed by atoms with Crippen molar-refractivity contribution in [3.05, 3.63) is 35.4 Å². The minimum atomic E-state index is -0.660. The topological polar surface area (TPSA) is 35.5 Å². The fraction of sp³-hybridized carbons (Fsp3) is 0.667. The van der Waals surface area contributed by atoms with Crippen molar-refractivity contribution in [3.8, 4) is 0 Å². The molecule has 1 saturated heterocycles. The second kappa shape index (κ2) is 5.08. The summed E-state index contributed by atoms with van der Waals surface area (Å²) >= 11 is 0. The van der Waals surface area contributed by atoms with Crippen molar-refractivity contribution in [2.24, 2.45) is 0 Å². The van der Waals surface area contributed by atoms with E-state index in [0.29, 0.717) is 18.6 Å². The third-order valence-electron chi connectivity index (χ3n) is 5.65. The van der Waals surface area contributed by atoms with Gasteiger partial charge in [-0.15, -0.1) is 0 Å². The molecule has 3 heteroatoms. The van der Waals surface area contributed by atoms with Crippen LogP contribution in [-0.4, -0.2) is 41.2 Å². The first-order valence-corrected chi connectivity index (χ1v) is 8.46. The van der Waals surface area contributed by atoms with Crippen molar-refractivity contribution in [1.82, 2.24) is 10.2 Å². The summed E-state index contributed by atoms with van der Waals surface area (Å²) in [6.07, 6.45) is 5.84. The Bertz CT molecular complexity index is 528. The second-order valence-corrected chi connectivity index (χ2v) is 7.28. The summed E-state index contributed by atoms with van der Waals surface area (Å²) in [4.78, 5) is 2.66. The zero-order valence-corrected chi connectivity index (χ0v) is 12.9. The van der Waals surface area contributed by atoms with E-state index < -0.39 is 5.60 Å². The molecule has 3 aliphatic rings. The summed E-state index contributed by atoms with van der Waals surface area (Å²) < 4.78 is 0. The van der Waals surface area contributed by atoms with E-state index >= 15 is 0 Å². The van der Waals surface area contributed by atoms with Crippen LogP contribution >= 0.6 is 0 Å². The Hall–Kier alpha value is -0.900. The number of likely N-dealkylation sites (tertiary alicyclic amines) is 1. The van der Waals surface area contributed by atoms with Gasteiger partial charge in [0.1, 0.15) is 5.60 Å². The molecule has 0 spiro atoms. The SMILES string of the molecule is CC1CC(NCC2(O)CCc3ccccc32)CN1C1CC1. The van der Waals surface area contributed by atoms with Crippen LogP contribution in [0.1, 0.15) is 43.7 Å². The monoisotopic (exact) mass is 286 g/mol. The highest BCUT2D eigenvalue weighted by Crippen LogP contribution is 2.37. The number of fused-ring (bicyclic) bond motifs is 1. The molecule has 4 rings (SSSR count). The molecular weight excluding hydrogens is 260 g/mol. The van der Waals surface area contributed by atoms with E-state index in [9.17, 15) is 5.11 Å². The van der Waals surface area contributed by atoms with Gasteiger partial charge in [0.2, 0.25) is 0 Å². The number of aryl methyl sites for hydroxylation is 1. The number of nitrogens with one attached hydrogen (secondary N) is 1. The average molecular weight is 286 g/mol. The van der Waals surface area contributed by atoms with Gasteiger partial charge in [0.15, 0.2) is 0 Å². The molecule has 0 radical (unpaired) electrons. The van der Waals surface area contributed by atoms with Crippen molar-refractivity contribution in [2.45, 2.75) is 62.8 Å². The van der Waals surface area contributed by atoms with Gasteiger partial charge in [0.05, 0.1) is 0 Å². The molecule has 2 fully saturated rings. The summed E-state index contributed by atoms with van der Waals surface area (Å²) in [5.41, 5.74) is 1.80. The molecular formula is C18H26N2O. The molecule has 1 aliphatic heterocycles. The molecule has 3 atom stereocenters. The molecule has 1 aromatic carbocycles. The van der Waals surface area contributed by atoms with Crippen LogP contribution in [0.15, 0.2) is 24.3 Å². The largest absolute Gasteiger partial charge is 0.384 e. The predicted octanol–water partition coefficient (Wildman–Crippen LogP) is 2.04. The molecule has 2 aliphatic carbocycles. The molecule has 0 bridgehead atoms. The van der Waals surface area contributed by atoms with Gasteiger partial charge < -0.3 is 10.4 Å². The van der Waals surface area contributed by atoms with Gasteiger partial charge in [0, 0.05) is 31.2 Å². The number of aliphatic hydroxyl groups is 1. The lowest BCUT2D eigenvalue weighted by atomic mass is 9.95. The van der Waals surface area contributed by atoms with Crippen LogP contribution in [0.2, 0.25) is 0 Å². The normalized spacial score (nSPS) is 36.1. The Morgan fingerprint density at radius 3 is 2.95 bits per heavy atom. The molecule has 114 valence electrons. The lowest BCUT2D eigenvalue weighted by Crippen LogP contribution is -2.42. The Kier molecular flexibility index (Phi) is 3.32. The van der Waals surface area contributed by atoms with E-state index in [1.165, 1.54) is 24.8 Å². The smallest absolute Gasteiger partial charge is 0.103 e. The quantitative estimate of drug-likeness (QED) is 0.889. The molecule has 2 N–H and O–H groups in total. The van der Waals surface area contributed by atoms with Crippen LogP contribution in [0, 0.1) is 0 Å². The van der Waals surface area contributed by atoms with Gasteiger partial charge >= 0.3 is 0 Å². The van der Waals surface area contributed by atoms with E-state index in [4.69, 9.17) is 0 Å². The Balaban J connectivity index is 1.39. The molecule has 21 heavy (non-hydrogen) atoms. The third kappa shape index (κ3) is 2.52. The second-order valence-electron chi connectivity index (χ2n) is 7.28. The first-order valence-electron chi connectivity index (χ1n) is 8.46. The Morgan fingerprint density at radius 1 is 1.33 bits per heavy atom. The lowest BCUT2D eigenvalue weighted by molar-refractivity contribution is 0.0361. The van der Waals surface area contributed by atoms with Crippen molar-refractivity contribution >= 4 is 0 Å². The predicted molar refractivity (Wildman–Crippen MR) is 84.3 cm³/mol. The van der Waals surface area contributed by atoms with Crippen molar-refractivity contribution in [1.29, 1.82) is 0 Å². The standard InChI is InChI=1S/C18H26N2O/c1-13-10-15(11-20(13)16-6-7-16)19-12-18(21)9-8-14-4-2-3-5-17(14)18/h2-5,13,15-16,19,21H,6-12H2,1H3. The fourth-order valence-electron chi connectivity index (χ4n) is 4.28. The molecule has 0 amide bonds. The van der Waals surface area contributed by atoms with Crippen LogP contribution < -0.4 is 5.32 Å². The van der Waals surface area contributed by atoms with Crippen LogP contribution in [0.4, 0.5) is 0 Å². The van der Waals surface area contributed by atoms with Crippen LogP contribution in [-0.2, 0) is 12.0 Å². The minimum Gasteiger partial charge on any atom is -0.384 e. The van der Waals surface area contributed by atoms with Crippen molar-refractivity contribution < 1.29 is 5.11 Å². The summed E-state index contributed by atoms with van der Waals surface area (Å²) in [7, 11) is 0. The molecule has 3 unspecified atom stereocenters. The summed E-state index contributed by atoms with van der Waals surface area (Å²) in [6.45, 7) is 4.20. The maximum absolute atomic E-state index is 11.0. The minimum absolute atomic E-state index is 0.539. The molecule has 1 aromatic rings. The summed E-state index contributed by atoms with van der Waals surface area (Å²) in [5, 5.41) is 14.6. The van der Waals surface area contributed by atoms with Crippen LogP contribution in [0.25, 0.3) is 0 Å². The van der Waals surface area contributed by atoms with E-state index in [2.05, 4.69) is 35.3 Å². The first-order chi connectivity index (χ1) is 10.2. The van der Waals surface area contributed by atoms with E-state index in [-0.39, 0.29) is 0 Å². The molecule has 1 saturated carbocycles. The van der Waals surface area contributed by atoms with Crippen LogP contribution in [0.5, 0.6) is 0 Å². The molecule has 3 nitrogen and oxygen atoms in total. The van der Waals surface area contributed by atoms with E-state index in [1.54, 1.807) is 0 Å². The van der Waals surface area contributed by atoms with Gasteiger partial charge in [-0.2, -0.15) is 0 Å². The number of hydrogen-bond donors (Lipinski definition) is 2. The number of nitrogens with zero attached hydrogens (tertiary/aromatic N) is 1. The van der Waals surface area contributed by atoms with Crippen LogP contribution in [0.3, 0.4) is 0 Å². The first kappa shape index (κ1) is 13.7.